The van der Waals surface area contributed by atoms with Crippen LogP contribution in [0, 0.1) is 0 Å². The summed E-state index contributed by atoms with van der Waals surface area (Å²) >= 11 is 0. The van der Waals surface area contributed by atoms with Crippen molar-refractivity contribution in [2.45, 2.75) is 5.41 Å². The van der Waals surface area contributed by atoms with E-state index < -0.39 is 5.41 Å². The van der Waals surface area contributed by atoms with E-state index in [9.17, 15) is 0 Å². The van der Waals surface area contributed by atoms with Gasteiger partial charge in [-0.05, 0) is 89.3 Å². The molecule has 0 saturated heterocycles. The summed E-state index contributed by atoms with van der Waals surface area (Å²) in [6.45, 7) is 0. The molecule has 0 spiro atoms. The van der Waals surface area contributed by atoms with Crippen molar-refractivity contribution < 1.29 is 0 Å². The summed E-state index contributed by atoms with van der Waals surface area (Å²) in [6.07, 6.45) is 0. The van der Waals surface area contributed by atoms with Crippen molar-refractivity contribution in [3.63, 3.8) is 0 Å². The average Bonchev–Trinajstić information content (AvgIpc) is 3.68. The van der Waals surface area contributed by atoms with Gasteiger partial charge in [0, 0.05) is 16.7 Å². The Balaban J connectivity index is 1.02. The van der Waals surface area contributed by atoms with Crippen LogP contribution in [0.5, 0.6) is 0 Å². The quantitative estimate of drug-likeness (QED) is 0.160. The van der Waals surface area contributed by atoms with E-state index in [1.807, 2.05) is 6.07 Å². The fourth-order valence-electron chi connectivity index (χ4n) is 10.2. The Bertz CT molecular complexity index is 3460. The molecule has 1 aromatic heterocycles. The minimum atomic E-state index is -0.455. The molecule has 10 aromatic carbocycles. The van der Waals surface area contributed by atoms with Crippen LogP contribution in [-0.2, 0) is 5.41 Å². The molecule has 0 saturated carbocycles. The summed E-state index contributed by atoms with van der Waals surface area (Å²) in [5, 5.41) is 4.62. The first-order chi connectivity index (χ1) is 31.3. The molecule has 0 fully saturated rings. The fraction of sp³-hybridized carbons (Fsp3) is 0.0164. The highest BCUT2D eigenvalue weighted by atomic mass is 14.9. The van der Waals surface area contributed by atoms with Gasteiger partial charge in [-0.3, -0.25) is 0 Å². The highest BCUT2D eigenvalue weighted by Gasteiger charge is 2.46. The zero-order chi connectivity index (χ0) is 41.7. The van der Waals surface area contributed by atoms with Crippen LogP contribution in [0.1, 0.15) is 22.3 Å². The van der Waals surface area contributed by atoms with Crippen LogP contribution in [0.25, 0.3) is 88.8 Å². The van der Waals surface area contributed by atoms with Crippen LogP contribution in [-0.4, -0.2) is 9.97 Å². The van der Waals surface area contributed by atoms with Crippen LogP contribution in [0.2, 0.25) is 0 Å². The number of aromatic nitrogens is 2. The van der Waals surface area contributed by atoms with Crippen molar-refractivity contribution in [3.05, 3.63) is 265 Å². The largest absolute Gasteiger partial charge is 0.228 e. The zero-order valence-corrected chi connectivity index (χ0v) is 34.5. The normalized spacial score (nSPS) is 12.6. The second kappa shape index (κ2) is 15.1. The predicted molar refractivity (Wildman–Crippen MR) is 262 cm³/mol. The van der Waals surface area contributed by atoms with Crippen molar-refractivity contribution in [2.75, 3.05) is 0 Å². The van der Waals surface area contributed by atoms with E-state index in [0.29, 0.717) is 5.82 Å². The molecule has 2 nitrogen and oxygen atoms in total. The van der Waals surface area contributed by atoms with Crippen LogP contribution in [0.15, 0.2) is 243 Å². The number of hydrogen-bond donors (Lipinski definition) is 0. The molecule has 63 heavy (non-hydrogen) atoms. The van der Waals surface area contributed by atoms with Crippen molar-refractivity contribution >= 4 is 21.5 Å². The van der Waals surface area contributed by atoms with Crippen LogP contribution in [0.4, 0.5) is 0 Å². The Morgan fingerprint density at radius 2 is 0.778 bits per heavy atom. The molecule has 0 N–H and O–H groups in total. The Hall–Kier alpha value is -8.20. The monoisotopic (exact) mass is 800 g/mol. The predicted octanol–water partition coefficient (Wildman–Crippen LogP) is 15.5. The zero-order valence-electron chi connectivity index (χ0n) is 34.5. The summed E-state index contributed by atoms with van der Waals surface area (Å²) in [5.41, 5.74) is 17.0. The van der Waals surface area contributed by atoms with Gasteiger partial charge in [0.2, 0.25) is 0 Å². The Kier molecular flexibility index (Phi) is 8.76. The first kappa shape index (κ1) is 36.6. The van der Waals surface area contributed by atoms with Crippen molar-refractivity contribution in [1.29, 1.82) is 0 Å². The lowest BCUT2D eigenvalue weighted by molar-refractivity contribution is 0.768. The van der Waals surface area contributed by atoms with Crippen molar-refractivity contribution in [1.82, 2.24) is 9.97 Å². The summed E-state index contributed by atoms with van der Waals surface area (Å²) < 4.78 is 0. The SMILES string of the molecule is c1ccc(-c2cc(-c3ccc(-c4cccc(-c5cccc6c5-c5ccccc5C6(c5ccccc5)c5ccccc5)c4)c4ccccc34)nc(-c3cccc4ccccc34)n2)cc1. The molecule has 1 aliphatic rings. The Morgan fingerprint density at radius 3 is 1.54 bits per heavy atom. The highest BCUT2D eigenvalue weighted by molar-refractivity contribution is 6.06. The molecule has 0 radical (unpaired) electrons. The van der Waals surface area contributed by atoms with Gasteiger partial charge < -0.3 is 0 Å². The first-order valence-electron chi connectivity index (χ1n) is 21.7. The van der Waals surface area contributed by atoms with E-state index in [0.717, 1.165) is 38.9 Å². The standard InChI is InChI=1S/C61H40N2/c1-4-20-42(21-5-1)57-40-58(63-60(62-57)53-34-17-22-41-19-10-11-29-47(41)53)52-38-37-48(50-30-12-13-31-51(50)52)43-23-16-24-44(39-43)49-33-18-36-56-59(49)54-32-14-15-35-55(54)61(56,45-25-6-2-7-26-45)46-27-8-3-9-28-46/h1-40H. The number of fused-ring (bicyclic) bond motifs is 5. The summed E-state index contributed by atoms with van der Waals surface area (Å²) in [6, 6.07) is 87.7. The third kappa shape index (κ3) is 5.95. The highest BCUT2D eigenvalue weighted by Crippen LogP contribution is 2.58. The second-order valence-electron chi connectivity index (χ2n) is 16.4. The molecule has 0 bridgehead atoms. The van der Waals surface area contributed by atoms with Gasteiger partial charge in [-0.1, -0.05) is 231 Å². The van der Waals surface area contributed by atoms with E-state index >= 15 is 0 Å². The van der Waals surface area contributed by atoms with E-state index in [1.165, 1.54) is 66.4 Å². The van der Waals surface area contributed by atoms with Gasteiger partial charge in [0.1, 0.15) is 0 Å². The molecule has 2 heteroatoms. The van der Waals surface area contributed by atoms with Crippen LogP contribution in [0.3, 0.4) is 0 Å². The Morgan fingerprint density at radius 1 is 0.286 bits per heavy atom. The lowest BCUT2D eigenvalue weighted by atomic mass is 9.67. The van der Waals surface area contributed by atoms with Gasteiger partial charge in [-0.25, -0.2) is 9.97 Å². The van der Waals surface area contributed by atoms with Gasteiger partial charge in [0.15, 0.2) is 5.82 Å². The maximum atomic E-state index is 5.35. The topological polar surface area (TPSA) is 25.8 Å². The molecule has 1 aliphatic carbocycles. The van der Waals surface area contributed by atoms with Gasteiger partial charge in [0.25, 0.3) is 0 Å². The molecule has 0 unspecified atom stereocenters. The summed E-state index contributed by atoms with van der Waals surface area (Å²) in [4.78, 5) is 10.6. The third-order valence-corrected chi connectivity index (χ3v) is 13.0. The number of nitrogens with zero attached hydrogens (tertiary/aromatic N) is 2. The van der Waals surface area contributed by atoms with E-state index in [1.54, 1.807) is 0 Å². The van der Waals surface area contributed by atoms with Gasteiger partial charge in [-0.2, -0.15) is 0 Å². The minimum absolute atomic E-state index is 0.455. The molecule has 0 amide bonds. The van der Waals surface area contributed by atoms with E-state index in [4.69, 9.17) is 9.97 Å². The molecular weight excluding hydrogens is 761 g/mol. The van der Waals surface area contributed by atoms with Crippen LogP contribution >= 0.6 is 0 Å². The molecule has 0 atom stereocenters. The van der Waals surface area contributed by atoms with Crippen LogP contribution < -0.4 is 0 Å². The van der Waals surface area contributed by atoms with Gasteiger partial charge in [0.05, 0.1) is 16.8 Å². The first-order valence-corrected chi connectivity index (χ1v) is 21.7. The molecule has 11 aromatic rings. The van der Waals surface area contributed by atoms with E-state index in [-0.39, 0.29) is 0 Å². The molecule has 0 aliphatic heterocycles. The fourth-order valence-corrected chi connectivity index (χ4v) is 10.2. The summed E-state index contributed by atoms with van der Waals surface area (Å²) in [5.74, 6) is 0.713. The third-order valence-electron chi connectivity index (χ3n) is 13.0. The lowest BCUT2D eigenvalue weighted by Gasteiger charge is -2.34. The Labute approximate surface area is 367 Å². The minimum Gasteiger partial charge on any atom is -0.228 e. The van der Waals surface area contributed by atoms with E-state index in [2.05, 4.69) is 237 Å². The maximum absolute atomic E-state index is 5.35. The smallest absolute Gasteiger partial charge is 0.161 e. The molecule has 12 rings (SSSR count). The van der Waals surface area contributed by atoms with Gasteiger partial charge >= 0.3 is 0 Å². The molecule has 1 heterocycles. The molecular formula is C61H40N2. The average molecular weight is 801 g/mol. The number of hydrogen-bond acceptors (Lipinski definition) is 2. The number of rotatable bonds is 7. The second-order valence-corrected chi connectivity index (χ2v) is 16.4. The van der Waals surface area contributed by atoms with Crippen molar-refractivity contribution in [2.24, 2.45) is 0 Å². The number of benzene rings is 10. The van der Waals surface area contributed by atoms with Gasteiger partial charge in [-0.15, -0.1) is 0 Å². The molecule has 294 valence electrons. The van der Waals surface area contributed by atoms with Crippen molar-refractivity contribution in [3.8, 4) is 67.3 Å². The lowest BCUT2D eigenvalue weighted by Crippen LogP contribution is -2.28. The summed E-state index contributed by atoms with van der Waals surface area (Å²) in [7, 11) is 0. The maximum Gasteiger partial charge on any atom is 0.161 e.